The van der Waals surface area contributed by atoms with Gasteiger partial charge < -0.3 is 16.4 Å². The largest absolute Gasteiger partial charge is 0.326 e. The van der Waals surface area contributed by atoms with E-state index in [0.717, 1.165) is 5.75 Å². The van der Waals surface area contributed by atoms with E-state index >= 15 is 0 Å². The first kappa shape index (κ1) is 15.5. The minimum Gasteiger partial charge on any atom is -0.326 e. The van der Waals surface area contributed by atoms with Crippen LogP contribution in [-0.4, -0.2) is 29.9 Å². The number of benzene rings is 1. The first-order valence-corrected chi connectivity index (χ1v) is 7.35. The summed E-state index contributed by atoms with van der Waals surface area (Å²) < 4.78 is 0. The Hall–Kier alpha value is -1.53. The molecule has 0 fully saturated rings. The Bertz CT molecular complexity index is 434. The molecule has 0 saturated heterocycles. The second-order valence-electron chi connectivity index (χ2n) is 4.14. The van der Waals surface area contributed by atoms with Gasteiger partial charge in [-0.05, 0) is 42.7 Å². The summed E-state index contributed by atoms with van der Waals surface area (Å²) in [6.45, 7) is 1.44. The van der Waals surface area contributed by atoms with Gasteiger partial charge in [0.05, 0.1) is 6.04 Å². The molecule has 0 aliphatic heterocycles. The number of rotatable bonds is 6. The smallest absolute Gasteiger partial charge is 0.241 e. The third-order valence-electron chi connectivity index (χ3n) is 2.44. The molecule has 0 spiro atoms. The van der Waals surface area contributed by atoms with Crippen LogP contribution in [0.4, 0.5) is 11.4 Å². The molecule has 2 amide bonds. The second-order valence-corrected chi connectivity index (χ2v) is 5.12. The zero-order valence-corrected chi connectivity index (χ0v) is 11.9. The van der Waals surface area contributed by atoms with Gasteiger partial charge in [-0.1, -0.05) is 0 Å². The Morgan fingerprint density at radius 2 is 1.74 bits per heavy atom. The zero-order chi connectivity index (χ0) is 14.3. The molecule has 6 heteroatoms. The van der Waals surface area contributed by atoms with Crippen LogP contribution in [0.3, 0.4) is 0 Å². The van der Waals surface area contributed by atoms with E-state index in [1.165, 1.54) is 6.92 Å². The van der Waals surface area contributed by atoms with Crippen LogP contribution in [0.1, 0.15) is 13.3 Å². The summed E-state index contributed by atoms with van der Waals surface area (Å²) >= 11 is 1.66. The van der Waals surface area contributed by atoms with E-state index in [1.807, 2.05) is 6.26 Å². The Kier molecular flexibility index (Phi) is 6.38. The van der Waals surface area contributed by atoms with Crippen LogP contribution in [0.2, 0.25) is 0 Å². The van der Waals surface area contributed by atoms with E-state index < -0.39 is 6.04 Å². The molecular weight excluding hydrogens is 262 g/mol. The summed E-state index contributed by atoms with van der Waals surface area (Å²) in [6, 6.07) is 6.41. The van der Waals surface area contributed by atoms with E-state index in [-0.39, 0.29) is 11.8 Å². The van der Waals surface area contributed by atoms with E-state index in [0.29, 0.717) is 17.8 Å². The highest BCUT2D eigenvalue weighted by Crippen LogP contribution is 2.14. The highest BCUT2D eigenvalue weighted by Gasteiger charge is 2.12. The average Bonchev–Trinajstić information content (AvgIpc) is 2.37. The Balaban J connectivity index is 2.52. The van der Waals surface area contributed by atoms with Crippen molar-refractivity contribution in [3.05, 3.63) is 24.3 Å². The number of anilines is 2. The maximum Gasteiger partial charge on any atom is 0.241 e. The molecule has 1 aromatic carbocycles. The van der Waals surface area contributed by atoms with Crippen molar-refractivity contribution in [2.45, 2.75) is 19.4 Å². The van der Waals surface area contributed by atoms with Gasteiger partial charge in [0.2, 0.25) is 11.8 Å². The van der Waals surface area contributed by atoms with Crippen LogP contribution in [0, 0.1) is 0 Å². The number of nitrogens with two attached hydrogens (primary N) is 1. The fraction of sp³-hybridized carbons (Fsp3) is 0.385. The fourth-order valence-corrected chi connectivity index (χ4v) is 1.94. The molecular formula is C13H19N3O2S. The maximum absolute atomic E-state index is 11.8. The average molecular weight is 281 g/mol. The molecule has 0 heterocycles. The van der Waals surface area contributed by atoms with Crippen molar-refractivity contribution in [1.82, 2.24) is 0 Å². The predicted octanol–water partition coefficient (Wildman–Crippen LogP) is 1.66. The fourth-order valence-electron chi connectivity index (χ4n) is 1.45. The SMILES string of the molecule is CSCC[C@H](N)C(=O)Nc1ccc(NC(C)=O)cc1. The van der Waals surface area contributed by atoms with Crippen LogP contribution >= 0.6 is 11.8 Å². The van der Waals surface area contributed by atoms with Gasteiger partial charge in [-0.3, -0.25) is 9.59 Å². The molecule has 0 saturated carbocycles. The van der Waals surface area contributed by atoms with Crippen LogP contribution < -0.4 is 16.4 Å². The number of thioether (sulfide) groups is 1. The number of hydrogen-bond donors (Lipinski definition) is 3. The number of carbonyl (C=O) groups excluding carboxylic acids is 2. The zero-order valence-electron chi connectivity index (χ0n) is 11.1. The summed E-state index contributed by atoms with van der Waals surface area (Å²) in [7, 11) is 0. The number of hydrogen-bond acceptors (Lipinski definition) is 4. The predicted molar refractivity (Wildman–Crippen MR) is 80.3 cm³/mol. The molecule has 19 heavy (non-hydrogen) atoms. The first-order valence-electron chi connectivity index (χ1n) is 5.96. The summed E-state index contributed by atoms with van der Waals surface area (Å²) in [5.41, 5.74) is 7.12. The monoisotopic (exact) mass is 281 g/mol. The quantitative estimate of drug-likeness (QED) is 0.740. The van der Waals surface area contributed by atoms with Gasteiger partial charge >= 0.3 is 0 Å². The maximum atomic E-state index is 11.8. The third-order valence-corrected chi connectivity index (χ3v) is 3.09. The lowest BCUT2D eigenvalue weighted by Crippen LogP contribution is -2.36. The highest BCUT2D eigenvalue weighted by molar-refractivity contribution is 7.98. The molecule has 0 bridgehead atoms. The van der Waals surface area contributed by atoms with Crippen LogP contribution in [-0.2, 0) is 9.59 Å². The van der Waals surface area contributed by atoms with Gasteiger partial charge in [0, 0.05) is 18.3 Å². The molecule has 0 aromatic heterocycles. The molecule has 104 valence electrons. The third kappa shape index (κ3) is 5.76. The van der Waals surface area contributed by atoms with Crippen LogP contribution in [0.15, 0.2) is 24.3 Å². The lowest BCUT2D eigenvalue weighted by Gasteiger charge is -2.12. The summed E-state index contributed by atoms with van der Waals surface area (Å²) in [6.07, 6.45) is 2.63. The first-order chi connectivity index (χ1) is 9.02. The molecule has 0 aliphatic rings. The summed E-state index contributed by atoms with van der Waals surface area (Å²) in [5.74, 6) is 0.535. The molecule has 0 radical (unpaired) electrons. The van der Waals surface area contributed by atoms with Crippen molar-refractivity contribution < 1.29 is 9.59 Å². The normalized spacial score (nSPS) is 11.7. The van der Waals surface area contributed by atoms with Crippen molar-refractivity contribution in [3.63, 3.8) is 0 Å². The lowest BCUT2D eigenvalue weighted by atomic mass is 10.2. The molecule has 1 aromatic rings. The Morgan fingerprint density at radius 1 is 1.21 bits per heavy atom. The van der Waals surface area contributed by atoms with E-state index in [1.54, 1.807) is 36.0 Å². The van der Waals surface area contributed by atoms with Crippen molar-refractivity contribution in [1.29, 1.82) is 0 Å². The molecule has 4 N–H and O–H groups in total. The Labute approximate surface area is 117 Å². The lowest BCUT2D eigenvalue weighted by molar-refractivity contribution is -0.117. The minimum atomic E-state index is -0.498. The molecule has 0 aliphatic carbocycles. The van der Waals surface area contributed by atoms with E-state index in [4.69, 9.17) is 5.73 Å². The van der Waals surface area contributed by atoms with Gasteiger partial charge in [0.1, 0.15) is 0 Å². The van der Waals surface area contributed by atoms with Gasteiger partial charge in [0.25, 0.3) is 0 Å². The van der Waals surface area contributed by atoms with Gasteiger partial charge in [-0.25, -0.2) is 0 Å². The minimum absolute atomic E-state index is 0.129. The molecule has 0 unspecified atom stereocenters. The van der Waals surface area contributed by atoms with Crippen molar-refractivity contribution in [2.75, 3.05) is 22.6 Å². The number of nitrogens with one attached hydrogen (secondary N) is 2. The van der Waals surface area contributed by atoms with E-state index in [9.17, 15) is 9.59 Å². The molecule has 5 nitrogen and oxygen atoms in total. The van der Waals surface area contributed by atoms with Crippen molar-refractivity contribution in [3.8, 4) is 0 Å². The molecule has 1 atom stereocenters. The van der Waals surface area contributed by atoms with Gasteiger partial charge in [0.15, 0.2) is 0 Å². The van der Waals surface area contributed by atoms with Crippen molar-refractivity contribution >= 4 is 35.0 Å². The summed E-state index contributed by atoms with van der Waals surface area (Å²) in [4.78, 5) is 22.6. The number of carbonyl (C=O) groups is 2. The van der Waals surface area contributed by atoms with Crippen LogP contribution in [0.5, 0.6) is 0 Å². The standard InChI is InChI=1S/C13H19N3O2S/c1-9(17)15-10-3-5-11(6-4-10)16-13(18)12(14)7-8-19-2/h3-6,12H,7-8,14H2,1-2H3,(H,15,17)(H,16,18)/t12-/m0/s1. The van der Waals surface area contributed by atoms with Crippen LogP contribution in [0.25, 0.3) is 0 Å². The van der Waals surface area contributed by atoms with Crippen molar-refractivity contribution in [2.24, 2.45) is 5.73 Å². The van der Waals surface area contributed by atoms with Gasteiger partial charge in [-0.15, -0.1) is 0 Å². The van der Waals surface area contributed by atoms with Gasteiger partial charge in [-0.2, -0.15) is 11.8 Å². The Morgan fingerprint density at radius 3 is 2.21 bits per heavy atom. The number of amides is 2. The molecule has 1 rings (SSSR count). The summed E-state index contributed by atoms with van der Waals surface area (Å²) in [5, 5.41) is 5.40. The highest BCUT2D eigenvalue weighted by atomic mass is 32.2. The second kappa shape index (κ2) is 7.81. The topological polar surface area (TPSA) is 84.2 Å². The van der Waals surface area contributed by atoms with E-state index in [2.05, 4.69) is 10.6 Å².